The number of fused-ring (bicyclic) bond motifs is 2. The van der Waals surface area contributed by atoms with E-state index in [9.17, 15) is 4.79 Å². The van der Waals surface area contributed by atoms with E-state index in [2.05, 4.69) is 22.9 Å². The average molecular weight is 302 g/mol. The van der Waals surface area contributed by atoms with Gasteiger partial charge in [0, 0.05) is 29.7 Å². The summed E-state index contributed by atoms with van der Waals surface area (Å²) in [4.78, 5) is 15.0. The second kappa shape index (κ2) is 5.43. The molecular formula is C20H18N2O. The van der Waals surface area contributed by atoms with Gasteiger partial charge in [-0.3, -0.25) is 4.79 Å². The first-order chi connectivity index (χ1) is 11.2. The molecule has 0 saturated heterocycles. The Hall–Kier alpha value is -2.81. The van der Waals surface area contributed by atoms with Gasteiger partial charge in [0.1, 0.15) is 0 Å². The van der Waals surface area contributed by atoms with Crippen LogP contribution in [0.25, 0.3) is 0 Å². The lowest BCUT2D eigenvalue weighted by Crippen LogP contribution is -2.30. The van der Waals surface area contributed by atoms with Crippen molar-refractivity contribution in [3.05, 3.63) is 89.2 Å². The van der Waals surface area contributed by atoms with Gasteiger partial charge >= 0.3 is 0 Å². The number of amides is 1. The van der Waals surface area contributed by atoms with Crippen LogP contribution >= 0.6 is 0 Å². The van der Waals surface area contributed by atoms with Crippen LogP contribution in [0.15, 0.2) is 66.9 Å². The first-order valence-corrected chi connectivity index (χ1v) is 7.83. The van der Waals surface area contributed by atoms with E-state index in [0.717, 1.165) is 29.1 Å². The van der Waals surface area contributed by atoms with E-state index in [1.807, 2.05) is 60.4 Å². The predicted molar refractivity (Wildman–Crippen MR) is 91.7 cm³/mol. The molecule has 1 aromatic heterocycles. The van der Waals surface area contributed by atoms with Crippen LogP contribution in [-0.4, -0.2) is 10.5 Å². The number of aromatic nitrogens is 1. The van der Waals surface area contributed by atoms with Gasteiger partial charge in [-0.05, 0) is 42.8 Å². The van der Waals surface area contributed by atoms with Crippen LogP contribution in [0.2, 0.25) is 0 Å². The second-order valence-electron chi connectivity index (χ2n) is 6.02. The SMILES string of the molecule is Cc1cccc(C(=O)N2Cc3cccn3Cc3ccccc32)c1. The van der Waals surface area contributed by atoms with Crippen LogP contribution in [0.1, 0.15) is 27.2 Å². The zero-order valence-electron chi connectivity index (χ0n) is 13.1. The summed E-state index contributed by atoms with van der Waals surface area (Å²) in [5.41, 5.74) is 5.16. The highest BCUT2D eigenvalue weighted by Gasteiger charge is 2.24. The van der Waals surface area contributed by atoms with Gasteiger partial charge in [0.25, 0.3) is 5.91 Å². The van der Waals surface area contributed by atoms with Gasteiger partial charge < -0.3 is 9.47 Å². The number of hydrogen-bond acceptors (Lipinski definition) is 1. The third-order valence-electron chi connectivity index (χ3n) is 4.38. The molecule has 23 heavy (non-hydrogen) atoms. The molecule has 1 aliphatic rings. The summed E-state index contributed by atoms with van der Waals surface area (Å²) in [6.45, 7) is 3.41. The number of hydrogen-bond donors (Lipinski definition) is 0. The molecule has 4 rings (SSSR count). The Morgan fingerprint density at radius 2 is 1.83 bits per heavy atom. The Balaban J connectivity index is 1.82. The number of anilines is 1. The van der Waals surface area contributed by atoms with Gasteiger partial charge in [-0.25, -0.2) is 0 Å². The molecule has 0 saturated carbocycles. The Kier molecular flexibility index (Phi) is 3.27. The molecule has 1 amide bonds. The molecule has 0 N–H and O–H groups in total. The van der Waals surface area contributed by atoms with Crippen molar-refractivity contribution in [3.8, 4) is 0 Å². The summed E-state index contributed by atoms with van der Waals surface area (Å²) in [6.07, 6.45) is 2.08. The number of aryl methyl sites for hydroxylation is 1. The standard InChI is InChI=1S/C20H18N2O/c1-15-6-4-8-16(12-15)20(23)22-14-18-9-5-11-21(18)13-17-7-2-3-10-19(17)22/h2-12H,13-14H2,1H3. The van der Waals surface area contributed by atoms with Crippen molar-refractivity contribution in [2.75, 3.05) is 4.90 Å². The topological polar surface area (TPSA) is 25.2 Å². The smallest absolute Gasteiger partial charge is 0.258 e. The van der Waals surface area contributed by atoms with Crippen LogP contribution in [-0.2, 0) is 13.1 Å². The first kappa shape index (κ1) is 13.8. The fourth-order valence-corrected chi connectivity index (χ4v) is 3.20. The number of nitrogens with zero attached hydrogens (tertiary/aromatic N) is 2. The van der Waals surface area contributed by atoms with E-state index in [4.69, 9.17) is 0 Å². The fraction of sp³-hybridized carbons (Fsp3) is 0.150. The van der Waals surface area contributed by atoms with Gasteiger partial charge in [-0.1, -0.05) is 35.9 Å². The van der Waals surface area contributed by atoms with E-state index >= 15 is 0 Å². The van der Waals surface area contributed by atoms with Crippen LogP contribution in [0, 0.1) is 6.92 Å². The molecule has 0 fully saturated rings. The van der Waals surface area contributed by atoms with E-state index in [1.165, 1.54) is 5.56 Å². The van der Waals surface area contributed by atoms with Crippen molar-refractivity contribution < 1.29 is 4.79 Å². The number of carbonyl (C=O) groups is 1. The quantitative estimate of drug-likeness (QED) is 0.667. The van der Waals surface area contributed by atoms with Crippen molar-refractivity contribution >= 4 is 11.6 Å². The molecule has 0 atom stereocenters. The minimum Gasteiger partial charge on any atom is -0.345 e. The van der Waals surface area contributed by atoms with E-state index in [-0.39, 0.29) is 5.91 Å². The van der Waals surface area contributed by atoms with Gasteiger partial charge in [-0.2, -0.15) is 0 Å². The van der Waals surface area contributed by atoms with Crippen molar-refractivity contribution in [3.63, 3.8) is 0 Å². The highest BCUT2D eigenvalue weighted by atomic mass is 16.2. The lowest BCUT2D eigenvalue weighted by atomic mass is 10.1. The summed E-state index contributed by atoms with van der Waals surface area (Å²) in [5, 5.41) is 0. The zero-order valence-corrected chi connectivity index (χ0v) is 13.1. The minimum atomic E-state index is 0.0517. The Labute approximate surface area is 135 Å². The molecule has 2 aromatic carbocycles. The van der Waals surface area contributed by atoms with Crippen molar-refractivity contribution in [2.45, 2.75) is 20.0 Å². The molecule has 114 valence electrons. The average Bonchev–Trinajstić information content (AvgIpc) is 2.93. The molecule has 0 aliphatic carbocycles. The second-order valence-corrected chi connectivity index (χ2v) is 6.02. The Morgan fingerprint density at radius 1 is 0.957 bits per heavy atom. The number of carbonyl (C=O) groups excluding carboxylic acids is 1. The van der Waals surface area contributed by atoms with Gasteiger partial charge in [-0.15, -0.1) is 0 Å². The summed E-state index contributed by atoms with van der Waals surface area (Å²) in [7, 11) is 0. The molecule has 2 heterocycles. The number of para-hydroxylation sites is 1. The predicted octanol–water partition coefficient (Wildman–Crippen LogP) is 4.01. The van der Waals surface area contributed by atoms with Crippen LogP contribution in [0.5, 0.6) is 0 Å². The molecule has 0 spiro atoms. The van der Waals surface area contributed by atoms with Crippen molar-refractivity contribution in [1.29, 1.82) is 0 Å². The van der Waals surface area contributed by atoms with E-state index < -0.39 is 0 Å². The molecule has 1 aliphatic heterocycles. The van der Waals surface area contributed by atoms with Crippen molar-refractivity contribution in [1.82, 2.24) is 4.57 Å². The zero-order chi connectivity index (χ0) is 15.8. The summed E-state index contributed by atoms with van der Waals surface area (Å²) in [5.74, 6) is 0.0517. The fourth-order valence-electron chi connectivity index (χ4n) is 3.20. The number of benzene rings is 2. The highest BCUT2D eigenvalue weighted by Crippen LogP contribution is 2.29. The molecule has 0 radical (unpaired) electrons. The minimum absolute atomic E-state index is 0.0517. The molecule has 0 bridgehead atoms. The third-order valence-corrected chi connectivity index (χ3v) is 4.38. The largest absolute Gasteiger partial charge is 0.345 e. The Bertz CT molecular complexity index is 879. The summed E-state index contributed by atoms with van der Waals surface area (Å²) < 4.78 is 2.21. The van der Waals surface area contributed by atoms with Gasteiger partial charge in [0.05, 0.1) is 6.54 Å². The van der Waals surface area contributed by atoms with Gasteiger partial charge in [0.15, 0.2) is 0 Å². The normalized spacial score (nSPS) is 13.2. The van der Waals surface area contributed by atoms with Gasteiger partial charge in [0.2, 0.25) is 0 Å². The first-order valence-electron chi connectivity index (χ1n) is 7.83. The monoisotopic (exact) mass is 302 g/mol. The maximum Gasteiger partial charge on any atom is 0.258 e. The highest BCUT2D eigenvalue weighted by molar-refractivity contribution is 6.06. The lowest BCUT2D eigenvalue weighted by Gasteiger charge is -2.23. The molecule has 3 nitrogen and oxygen atoms in total. The van der Waals surface area contributed by atoms with Crippen LogP contribution in [0.4, 0.5) is 5.69 Å². The van der Waals surface area contributed by atoms with Crippen molar-refractivity contribution in [2.24, 2.45) is 0 Å². The molecular weight excluding hydrogens is 284 g/mol. The molecule has 3 heteroatoms. The maximum atomic E-state index is 13.1. The summed E-state index contributed by atoms with van der Waals surface area (Å²) in [6, 6.07) is 20.1. The molecule has 3 aromatic rings. The van der Waals surface area contributed by atoms with E-state index in [1.54, 1.807) is 0 Å². The number of rotatable bonds is 1. The third kappa shape index (κ3) is 2.44. The summed E-state index contributed by atoms with van der Waals surface area (Å²) >= 11 is 0. The van der Waals surface area contributed by atoms with Crippen LogP contribution < -0.4 is 4.90 Å². The lowest BCUT2D eigenvalue weighted by molar-refractivity contribution is 0.0985. The molecule has 0 unspecified atom stereocenters. The maximum absolute atomic E-state index is 13.1. The van der Waals surface area contributed by atoms with Crippen LogP contribution in [0.3, 0.4) is 0 Å². The Morgan fingerprint density at radius 3 is 2.70 bits per heavy atom. The van der Waals surface area contributed by atoms with E-state index in [0.29, 0.717) is 6.54 Å².